The van der Waals surface area contributed by atoms with Crippen molar-refractivity contribution in [2.45, 2.75) is 13.5 Å². The van der Waals surface area contributed by atoms with E-state index >= 15 is 0 Å². The third-order valence-corrected chi connectivity index (χ3v) is 2.56. The summed E-state index contributed by atoms with van der Waals surface area (Å²) in [7, 11) is 0. The number of rotatable bonds is 5. The van der Waals surface area contributed by atoms with Crippen molar-refractivity contribution in [1.82, 2.24) is 10.6 Å². The Morgan fingerprint density at radius 1 is 1.32 bits per heavy atom. The van der Waals surface area contributed by atoms with Gasteiger partial charge >= 0.3 is 6.09 Å². The number of hydrogen-bond donors (Lipinski definition) is 3. The molecular formula is C13H15N3O3. The fourth-order valence-electron chi connectivity index (χ4n) is 1.39. The summed E-state index contributed by atoms with van der Waals surface area (Å²) >= 11 is 0. The lowest BCUT2D eigenvalue weighted by atomic mass is 10.1. The molecule has 0 heterocycles. The molecule has 0 saturated heterocycles. The summed E-state index contributed by atoms with van der Waals surface area (Å²) in [5.74, 6) is -0.660. The highest BCUT2D eigenvalue weighted by Crippen LogP contribution is 2.03. The van der Waals surface area contributed by atoms with E-state index in [0.29, 0.717) is 12.1 Å². The van der Waals surface area contributed by atoms with Crippen LogP contribution in [0.4, 0.5) is 4.79 Å². The van der Waals surface area contributed by atoms with Crippen LogP contribution in [0, 0.1) is 17.2 Å². The molecule has 0 fully saturated rings. The van der Waals surface area contributed by atoms with E-state index in [9.17, 15) is 9.59 Å². The Morgan fingerprint density at radius 2 is 1.95 bits per heavy atom. The quantitative estimate of drug-likeness (QED) is 0.738. The van der Waals surface area contributed by atoms with Gasteiger partial charge in [0.25, 0.3) is 0 Å². The fourth-order valence-corrected chi connectivity index (χ4v) is 1.39. The van der Waals surface area contributed by atoms with Crippen LogP contribution in [0.5, 0.6) is 0 Å². The zero-order valence-electron chi connectivity index (χ0n) is 10.5. The molecule has 0 bridgehead atoms. The Labute approximate surface area is 111 Å². The van der Waals surface area contributed by atoms with Gasteiger partial charge in [-0.15, -0.1) is 0 Å². The molecule has 1 aromatic rings. The molecule has 1 aromatic carbocycles. The second-order valence-corrected chi connectivity index (χ2v) is 4.11. The van der Waals surface area contributed by atoms with Crippen molar-refractivity contribution in [3.05, 3.63) is 35.4 Å². The maximum absolute atomic E-state index is 11.7. The first kappa shape index (κ1) is 14.5. The van der Waals surface area contributed by atoms with Crippen molar-refractivity contribution in [3.8, 4) is 6.07 Å². The molecule has 1 atom stereocenters. The van der Waals surface area contributed by atoms with Gasteiger partial charge in [0.1, 0.15) is 0 Å². The first-order chi connectivity index (χ1) is 9.02. The van der Waals surface area contributed by atoms with E-state index in [0.717, 1.165) is 5.56 Å². The van der Waals surface area contributed by atoms with Crippen LogP contribution in [0.2, 0.25) is 0 Å². The molecule has 0 aromatic heterocycles. The van der Waals surface area contributed by atoms with Crippen molar-refractivity contribution in [2.75, 3.05) is 6.54 Å². The van der Waals surface area contributed by atoms with Gasteiger partial charge in [-0.05, 0) is 17.7 Å². The first-order valence-corrected chi connectivity index (χ1v) is 5.76. The van der Waals surface area contributed by atoms with Gasteiger partial charge in [-0.25, -0.2) is 4.79 Å². The molecule has 1 rings (SSSR count). The molecule has 0 aliphatic rings. The van der Waals surface area contributed by atoms with Crippen LogP contribution in [0.1, 0.15) is 18.1 Å². The molecule has 2 amide bonds. The summed E-state index contributed by atoms with van der Waals surface area (Å²) in [6.07, 6.45) is -1.15. The summed E-state index contributed by atoms with van der Waals surface area (Å²) in [6, 6.07) is 8.89. The van der Waals surface area contributed by atoms with E-state index in [4.69, 9.17) is 10.4 Å². The largest absolute Gasteiger partial charge is 0.465 e. The van der Waals surface area contributed by atoms with E-state index in [1.165, 1.54) is 0 Å². The number of carbonyl (C=O) groups is 2. The number of benzene rings is 1. The molecule has 0 aliphatic carbocycles. The number of carboxylic acid groups (broad SMARTS) is 1. The minimum absolute atomic E-state index is 0.0779. The van der Waals surface area contributed by atoms with Gasteiger partial charge in [-0.3, -0.25) is 4.79 Å². The predicted molar refractivity (Wildman–Crippen MR) is 68.2 cm³/mol. The van der Waals surface area contributed by atoms with Gasteiger partial charge in [0.2, 0.25) is 5.91 Å². The van der Waals surface area contributed by atoms with E-state index in [-0.39, 0.29) is 12.5 Å². The SMILES string of the molecule is CC(CNC(=O)O)C(=O)NCc1ccc(C#N)cc1. The topological polar surface area (TPSA) is 102 Å². The van der Waals surface area contributed by atoms with Gasteiger partial charge in [0.15, 0.2) is 0 Å². The normalized spacial score (nSPS) is 11.2. The number of hydrogen-bond acceptors (Lipinski definition) is 3. The Bertz CT molecular complexity index is 491. The summed E-state index contributed by atoms with van der Waals surface area (Å²) in [4.78, 5) is 22.0. The number of nitrogens with one attached hydrogen (secondary N) is 2. The molecule has 19 heavy (non-hydrogen) atoms. The van der Waals surface area contributed by atoms with Gasteiger partial charge in [0.05, 0.1) is 17.6 Å². The summed E-state index contributed by atoms with van der Waals surface area (Å²) in [5, 5.41) is 21.9. The lowest BCUT2D eigenvalue weighted by molar-refractivity contribution is -0.124. The molecule has 1 unspecified atom stereocenters. The van der Waals surface area contributed by atoms with Crippen LogP contribution >= 0.6 is 0 Å². The maximum atomic E-state index is 11.7. The van der Waals surface area contributed by atoms with Gasteiger partial charge in [0, 0.05) is 13.1 Å². The highest BCUT2D eigenvalue weighted by atomic mass is 16.4. The highest BCUT2D eigenvalue weighted by molar-refractivity contribution is 5.79. The average molecular weight is 261 g/mol. The van der Waals surface area contributed by atoms with Crippen LogP contribution in [-0.4, -0.2) is 23.7 Å². The third kappa shape index (κ3) is 5.08. The molecule has 6 nitrogen and oxygen atoms in total. The second-order valence-electron chi connectivity index (χ2n) is 4.11. The average Bonchev–Trinajstić information content (AvgIpc) is 2.42. The van der Waals surface area contributed by atoms with Crippen LogP contribution in [-0.2, 0) is 11.3 Å². The van der Waals surface area contributed by atoms with Gasteiger partial charge in [-0.2, -0.15) is 5.26 Å². The summed E-state index contributed by atoms with van der Waals surface area (Å²) in [6.45, 7) is 2.07. The van der Waals surface area contributed by atoms with Crippen molar-refractivity contribution in [3.63, 3.8) is 0 Å². The zero-order valence-corrected chi connectivity index (χ0v) is 10.5. The smallest absolute Gasteiger partial charge is 0.404 e. The number of amides is 2. The maximum Gasteiger partial charge on any atom is 0.404 e. The lowest BCUT2D eigenvalue weighted by Crippen LogP contribution is -2.36. The molecule has 0 saturated carbocycles. The molecular weight excluding hydrogens is 246 g/mol. The molecule has 0 spiro atoms. The Hall–Kier alpha value is -2.55. The van der Waals surface area contributed by atoms with E-state index < -0.39 is 12.0 Å². The fraction of sp³-hybridized carbons (Fsp3) is 0.308. The zero-order chi connectivity index (χ0) is 14.3. The predicted octanol–water partition coefficient (Wildman–Crippen LogP) is 1.08. The van der Waals surface area contributed by atoms with Crippen LogP contribution in [0.15, 0.2) is 24.3 Å². The van der Waals surface area contributed by atoms with Crippen molar-refractivity contribution >= 4 is 12.0 Å². The van der Waals surface area contributed by atoms with Crippen LogP contribution < -0.4 is 10.6 Å². The first-order valence-electron chi connectivity index (χ1n) is 5.76. The van der Waals surface area contributed by atoms with Crippen molar-refractivity contribution in [1.29, 1.82) is 5.26 Å². The van der Waals surface area contributed by atoms with Gasteiger partial charge < -0.3 is 15.7 Å². The Balaban J connectivity index is 2.40. The van der Waals surface area contributed by atoms with Crippen molar-refractivity contribution in [2.24, 2.45) is 5.92 Å². The summed E-state index contributed by atoms with van der Waals surface area (Å²) in [5.41, 5.74) is 1.44. The van der Waals surface area contributed by atoms with Crippen LogP contribution in [0.3, 0.4) is 0 Å². The standard InChI is InChI=1S/C13H15N3O3/c1-9(7-16-13(18)19)12(17)15-8-11-4-2-10(6-14)3-5-11/h2-5,9,16H,7-8H2,1H3,(H,15,17)(H,18,19). The molecule has 0 aliphatic heterocycles. The highest BCUT2D eigenvalue weighted by Gasteiger charge is 2.13. The monoisotopic (exact) mass is 261 g/mol. The molecule has 3 N–H and O–H groups in total. The number of nitrogens with zero attached hydrogens (tertiary/aromatic N) is 1. The minimum Gasteiger partial charge on any atom is -0.465 e. The molecule has 6 heteroatoms. The third-order valence-electron chi connectivity index (χ3n) is 2.56. The van der Waals surface area contributed by atoms with Crippen molar-refractivity contribution < 1.29 is 14.7 Å². The number of carbonyl (C=O) groups excluding carboxylic acids is 1. The lowest BCUT2D eigenvalue weighted by Gasteiger charge is -2.12. The second kappa shape index (κ2) is 7.01. The van der Waals surface area contributed by atoms with Gasteiger partial charge in [-0.1, -0.05) is 19.1 Å². The number of nitriles is 1. The van der Waals surface area contributed by atoms with E-state index in [1.807, 2.05) is 6.07 Å². The minimum atomic E-state index is -1.15. The summed E-state index contributed by atoms with van der Waals surface area (Å²) < 4.78 is 0. The van der Waals surface area contributed by atoms with Crippen LogP contribution in [0.25, 0.3) is 0 Å². The molecule has 0 radical (unpaired) electrons. The van der Waals surface area contributed by atoms with E-state index in [2.05, 4.69) is 10.6 Å². The van der Waals surface area contributed by atoms with E-state index in [1.54, 1.807) is 31.2 Å². The Morgan fingerprint density at radius 3 is 2.47 bits per heavy atom. The molecule has 100 valence electrons. The Kier molecular flexibility index (Phi) is 5.35.